The van der Waals surface area contributed by atoms with E-state index in [-0.39, 0.29) is 0 Å². The Bertz CT molecular complexity index is 525. The lowest BCUT2D eigenvalue weighted by Gasteiger charge is -2.08. The zero-order valence-electron chi connectivity index (χ0n) is 9.55. The highest BCUT2D eigenvalue weighted by Gasteiger charge is 2.06. The summed E-state index contributed by atoms with van der Waals surface area (Å²) >= 11 is 0. The second-order valence-electron chi connectivity index (χ2n) is 3.52. The van der Waals surface area contributed by atoms with Crippen molar-refractivity contribution in [1.29, 1.82) is 0 Å². The number of aldehydes is 1. The molecule has 88 valence electrons. The maximum absolute atomic E-state index is 10.9. The van der Waals surface area contributed by atoms with Crippen molar-refractivity contribution in [2.45, 2.75) is 0 Å². The van der Waals surface area contributed by atoms with Gasteiger partial charge >= 0.3 is 0 Å². The first-order valence-corrected chi connectivity index (χ1v) is 5.32. The summed E-state index contributed by atoms with van der Waals surface area (Å²) in [6.45, 7) is 0.877. The van der Waals surface area contributed by atoms with Crippen molar-refractivity contribution in [3.05, 3.63) is 36.0 Å². The zero-order chi connectivity index (χ0) is 12.1. The lowest BCUT2D eigenvalue weighted by atomic mass is 10.2. The van der Waals surface area contributed by atoms with Crippen molar-refractivity contribution in [2.75, 3.05) is 20.3 Å². The van der Waals surface area contributed by atoms with Gasteiger partial charge in [-0.3, -0.25) is 4.79 Å². The Morgan fingerprint density at radius 2 is 2.12 bits per heavy atom. The van der Waals surface area contributed by atoms with Gasteiger partial charge in [0.1, 0.15) is 18.1 Å². The molecule has 4 heteroatoms. The number of aromatic nitrogens is 1. The number of carbonyl (C=O) groups is 1. The van der Waals surface area contributed by atoms with E-state index in [0.717, 1.165) is 10.9 Å². The highest BCUT2D eigenvalue weighted by Crippen LogP contribution is 2.21. The van der Waals surface area contributed by atoms with E-state index in [0.29, 0.717) is 30.9 Å². The van der Waals surface area contributed by atoms with E-state index < -0.39 is 0 Å². The van der Waals surface area contributed by atoms with Crippen LogP contribution in [-0.2, 0) is 4.74 Å². The summed E-state index contributed by atoms with van der Waals surface area (Å²) in [4.78, 5) is 15.2. The van der Waals surface area contributed by atoms with Crippen LogP contribution in [0.3, 0.4) is 0 Å². The third kappa shape index (κ3) is 2.60. The van der Waals surface area contributed by atoms with Gasteiger partial charge in [0, 0.05) is 12.5 Å². The van der Waals surface area contributed by atoms with Gasteiger partial charge in [0.05, 0.1) is 12.1 Å². The number of methoxy groups -OCH3 is 1. The summed E-state index contributed by atoms with van der Waals surface area (Å²) in [6, 6.07) is 9.42. The summed E-state index contributed by atoms with van der Waals surface area (Å²) in [7, 11) is 1.60. The first kappa shape index (κ1) is 11.5. The minimum atomic E-state index is 0.319. The molecule has 0 saturated heterocycles. The third-order valence-electron chi connectivity index (χ3n) is 2.37. The number of fused-ring (bicyclic) bond motifs is 1. The average molecular weight is 231 g/mol. The van der Waals surface area contributed by atoms with Crippen molar-refractivity contribution >= 4 is 17.2 Å². The quantitative estimate of drug-likeness (QED) is 0.584. The molecule has 4 nitrogen and oxygen atoms in total. The molecule has 0 unspecified atom stereocenters. The van der Waals surface area contributed by atoms with Crippen LogP contribution in [0.2, 0.25) is 0 Å². The fourth-order valence-electron chi connectivity index (χ4n) is 1.55. The molecule has 0 N–H and O–H groups in total. The number of nitrogens with zero attached hydrogens (tertiary/aromatic N) is 1. The normalized spacial score (nSPS) is 10.4. The standard InChI is InChI=1S/C13H13NO3/c1-16-6-7-17-13-8-10-4-2-3-5-11(10)14-12(13)9-15/h2-5,8-9H,6-7H2,1H3. The third-order valence-corrected chi connectivity index (χ3v) is 2.37. The Hall–Kier alpha value is -1.94. The average Bonchev–Trinajstić information content (AvgIpc) is 2.38. The second kappa shape index (κ2) is 5.41. The first-order chi connectivity index (χ1) is 8.35. The van der Waals surface area contributed by atoms with Crippen LogP contribution in [0.15, 0.2) is 30.3 Å². The summed E-state index contributed by atoms with van der Waals surface area (Å²) in [5, 5.41) is 0.950. The molecule has 0 atom stereocenters. The van der Waals surface area contributed by atoms with Gasteiger partial charge in [0.15, 0.2) is 6.29 Å². The molecule has 0 bridgehead atoms. The van der Waals surface area contributed by atoms with Gasteiger partial charge in [-0.1, -0.05) is 18.2 Å². The van der Waals surface area contributed by atoms with Crippen LogP contribution in [0.5, 0.6) is 5.75 Å². The number of hydrogen-bond acceptors (Lipinski definition) is 4. The van der Waals surface area contributed by atoms with Gasteiger partial charge in [0.25, 0.3) is 0 Å². The minimum absolute atomic E-state index is 0.319. The molecule has 1 aromatic carbocycles. The van der Waals surface area contributed by atoms with Crippen LogP contribution < -0.4 is 4.74 Å². The van der Waals surface area contributed by atoms with E-state index in [1.807, 2.05) is 30.3 Å². The van der Waals surface area contributed by atoms with E-state index in [2.05, 4.69) is 4.98 Å². The SMILES string of the molecule is COCCOc1cc2ccccc2nc1C=O. The molecule has 17 heavy (non-hydrogen) atoms. The molecule has 0 aliphatic rings. The summed E-state index contributed by atoms with van der Waals surface area (Å²) in [6.07, 6.45) is 0.703. The maximum atomic E-state index is 10.9. The fraction of sp³-hybridized carbons (Fsp3) is 0.231. The van der Waals surface area contributed by atoms with E-state index in [1.165, 1.54) is 0 Å². The van der Waals surface area contributed by atoms with Crippen LogP contribution in [-0.4, -0.2) is 31.6 Å². The number of hydrogen-bond donors (Lipinski definition) is 0. The minimum Gasteiger partial charge on any atom is -0.489 e. The van der Waals surface area contributed by atoms with Crippen molar-refractivity contribution in [1.82, 2.24) is 4.98 Å². The predicted molar refractivity (Wildman–Crippen MR) is 64.5 cm³/mol. The predicted octanol–water partition coefficient (Wildman–Crippen LogP) is 2.07. The number of ether oxygens (including phenoxy) is 2. The van der Waals surface area contributed by atoms with Crippen LogP contribution in [0, 0.1) is 0 Å². The molecule has 1 aromatic heterocycles. The molecule has 1 heterocycles. The largest absolute Gasteiger partial charge is 0.489 e. The fourth-order valence-corrected chi connectivity index (χ4v) is 1.55. The van der Waals surface area contributed by atoms with Gasteiger partial charge < -0.3 is 9.47 Å². The Kier molecular flexibility index (Phi) is 3.67. The van der Waals surface area contributed by atoms with Gasteiger partial charge in [0.2, 0.25) is 0 Å². The lowest BCUT2D eigenvalue weighted by Crippen LogP contribution is -2.06. The monoisotopic (exact) mass is 231 g/mol. The number of pyridine rings is 1. The number of para-hydroxylation sites is 1. The molecule has 0 amide bonds. The highest BCUT2D eigenvalue weighted by atomic mass is 16.5. The van der Waals surface area contributed by atoms with Gasteiger partial charge in [-0.05, 0) is 12.1 Å². The number of carbonyl (C=O) groups excluding carboxylic acids is 1. The molecular formula is C13H13NO3. The molecule has 0 aliphatic carbocycles. The maximum Gasteiger partial charge on any atom is 0.172 e. The Morgan fingerprint density at radius 3 is 2.88 bits per heavy atom. The van der Waals surface area contributed by atoms with Crippen molar-refractivity contribution in [3.8, 4) is 5.75 Å². The van der Waals surface area contributed by atoms with E-state index in [4.69, 9.17) is 9.47 Å². The van der Waals surface area contributed by atoms with Crippen LogP contribution in [0.4, 0.5) is 0 Å². The molecule has 0 fully saturated rings. The number of benzene rings is 1. The van der Waals surface area contributed by atoms with Crippen molar-refractivity contribution in [3.63, 3.8) is 0 Å². The number of rotatable bonds is 5. The summed E-state index contributed by atoms with van der Waals surface area (Å²) in [5.74, 6) is 0.496. The van der Waals surface area contributed by atoms with Crippen LogP contribution in [0.25, 0.3) is 10.9 Å². The summed E-state index contributed by atoms with van der Waals surface area (Å²) < 4.78 is 10.3. The van der Waals surface area contributed by atoms with Gasteiger partial charge in [-0.15, -0.1) is 0 Å². The zero-order valence-corrected chi connectivity index (χ0v) is 9.55. The highest BCUT2D eigenvalue weighted by molar-refractivity contribution is 5.86. The topological polar surface area (TPSA) is 48.4 Å². The molecule has 2 aromatic rings. The molecule has 0 spiro atoms. The molecule has 2 rings (SSSR count). The van der Waals surface area contributed by atoms with E-state index in [9.17, 15) is 4.79 Å². The Balaban J connectivity index is 2.35. The first-order valence-electron chi connectivity index (χ1n) is 5.32. The molecule has 0 aliphatic heterocycles. The van der Waals surface area contributed by atoms with Crippen molar-refractivity contribution < 1.29 is 14.3 Å². The lowest BCUT2D eigenvalue weighted by molar-refractivity contribution is 0.111. The molecular weight excluding hydrogens is 218 g/mol. The van der Waals surface area contributed by atoms with Gasteiger partial charge in [-0.2, -0.15) is 0 Å². The van der Waals surface area contributed by atoms with E-state index >= 15 is 0 Å². The molecule has 0 saturated carbocycles. The Morgan fingerprint density at radius 1 is 1.29 bits per heavy atom. The second-order valence-corrected chi connectivity index (χ2v) is 3.52. The summed E-state index contributed by atoms with van der Waals surface area (Å²) in [5.41, 5.74) is 1.11. The van der Waals surface area contributed by atoms with E-state index in [1.54, 1.807) is 7.11 Å². The molecule has 0 radical (unpaired) electrons. The van der Waals surface area contributed by atoms with Crippen LogP contribution in [0.1, 0.15) is 10.5 Å². The smallest absolute Gasteiger partial charge is 0.172 e. The van der Waals surface area contributed by atoms with Gasteiger partial charge in [-0.25, -0.2) is 4.98 Å². The Labute approximate surface area is 99.2 Å². The van der Waals surface area contributed by atoms with Crippen LogP contribution >= 0.6 is 0 Å². The van der Waals surface area contributed by atoms with Crippen molar-refractivity contribution in [2.24, 2.45) is 0 Å².